The Morgan fingerprint density at radius 2 is 2.17 bits per heavy atom. The summed E-state index contributed by atoms with van der Waals surface area (Å²) in [6, 6.07) is 10.6. The number of benzene rings is 1. The maximum atomic E-state index is 8.82. The van der Waals surface area contributed by atoms with E-state index >= 15 is 0 Å². The Labute approximate surface area is 105 Å². The van der Waals surface area contributed by atoms with Gasteiger partial charge in [0.1, 0.15) is 11.6 Å². The molecule has 5 heteroatoms. The average Bonchev–Trinajstić information content (AvgIpc) is 2.39. The van der Waals surface area contributed by atoms with Crippen molar-refractivity contribution in [2.75, 3.05) is 18.2 Å². The molecule has 2 aromatic rings. The van der Waals surface area contributed by atoms with Gasteiger partial charge in [0.15, 0.2) is 0 Å². The molecule has 1 aromatic heterocycles. The molecule has 0 saturated heterocycles. The van der Waals surface area contributed by atoms with E-state index in [1.807, 2.05) is 0 Å². The van der Waals surface area contributed by atoms with Crippen LogP contribution in [0.15, 0.2) is 36.5 Å². The average molecular weight is 240 g/mol. The first-order valence-corrected chi connectivity index (χ1v) is 5.29. The Bertz CT molecular complexity index is 604. The van der Waals surface area contributed by atoms with Crippen LogP contribution in [0.2, 0.25) is 0 Å². The van der Waals surface area contributed by atoms with Crippen LogP contribution in [0.5, 0.6) is 5.75 Å². The molecule has 0 unspecified atom stereocenters. The van der Waals surface area contributed by atoms with E-state index in [9.17, 15) is 0 Å². The number of methoxy groups -OCH3 is 1. The molecule has 18 heavy (non-hydrogen) atoms. The van der Waals surface area contributed by atoms with Crippen molar-refractivity contribution in [3.63, 3.8) is 0 Å². The molecule has 0 fully saturated rings. The van der Waals surface area contributed by atoms with E-state index in [-0.39, 0.29) is 0 Å². The molecule has 0 bridgehead atoms. The van der Waals surface area contributed by atoms with Crippen LogP contribution in [-0.2, 0) is 0 Å². The highest BCUT2D eigenvalue weighted by Crippen LogP contribution is 2.28. The second-order valence-corrected chi connectivity index (χ2v) is 3.63. The molecule has 0 amide bonds. The molecule has 90 valence electrons. The topological polar surface area (TPSA) is 84.0 Å². The van der Waals surface area contributed by atoms with Gasteiger partial charge >= 0.3 is 0 Å². The zero-order chi connectivity index (χ0) is 13.0. The third kappa shape index (κ3) is 2.50. The number of nitriles is 1. The lowest BCUT2D eigenvalue weighted by molar-refractivity contribution is 0.416. The van der Waals surface area contributed by atoms with Crippen LogP contribution in [-0.4, -0.2) is 12.1 Å². The van der Waals surface area contributed by atoms with Gasteiger partial charge in [-0.05, 0) is 18.2 Å². The molecule has 0 saturated carbocycles. The summed E-state index contributed by atoms with van der Waals surface area (Å²) in [6.07, 6.45) is 1.62. The summed E-state index contributed by atoms with van der Waals surface area (Å²) in [5, 5.41) is 11.9. The number of ether oxygens (including phenoxy) is 1. The third-order valence-corrected chi connectivity index (χ3v) is 2.38. The highest BCUT2D eigenvalue weighted by molar-refractivity contribution is 5.67. The van der Waals surface area contributed by atoms with Crippen molar-refractivity contribution in [1.29, 1.82) is 5.26 Å². The molecule has 3 N–H and O–H groups in total. The van der Waals surface area contributed by atoms with Crippen molar-refractivity contribution in [3.8, 4) is 11.8 Å². The standard InChI is InChI=1S/C13H12N4O/c1-18-12-6-9(8-14)2-3-11(12)17-13-7-10(15)4-5-16-13/h2-7H,1H3,(H3,15,16,17). The van der Waals surface area contributed by atoms with Crippen molar-refractivity contribution in [3.05, 3.63) is 42.1 Å². The van der Waals surface area contributed by atoms with Crippen molar-refractivity contribution in [1.82, 2.24) is 4.98 Å². The van der Waals surface area contributed by atoms with Gasteiger partial charge in [0.2, 0.25) is 0 Å². The van der Waals surface area contributed by atoms with Gasteiger partial charge in [-0.15, -0.1) is 0 Å². The number of nitrogens with two attached hydrogens (primary N) is 1. The normalized spacial score (nSPS) is 9.56. The minimum Gasteiger partial charge on any atom is -0.495 e. The van der Waals surface area contributed by atoms with Crippen molar-refractivity contribution < 1.29 is 4.74 Å². The molecule has 1 heterocycles. The Morgan fingerprint density at radius 3 is 2.83 bits per heavy atom. The van der Waals surface area contributed by atoms with Crippen LogP contribution in [0.25, 0.3) is 0 Å². The Hall–Kier alpha value is -2.74. The van der Waals surface area contributed by atoms with Crippen LogP contribution in [0.3, 0.4) is 0 Å². The Kier molecular flexibility index (Phi) is 3.30. The predicted octanol–water partition coefficient (Wildman–Crippen LogP) is 2.29. The number of hydrogen-bond donors (Lipinski definition) is 2. The number of anilines is 3. The summed E-state index contributed by atoms with van der Waals surface area (Å²) in [5.41, 5.74) is 7.57. The molecule has 0 aliphatic heterocycles. The van der Waals surface area contributed by atoms with Gasteiger partial charge in [0.05, 0.1) is 24.4 Å². The molecular formula is C13H12N4O. The fourth-order valence-electron chi connectivity index (χ4n) is 1.52. The Balaban J connectivity index is 2.32. The zero-order valence-corrected chi connectivity index (χ0v) is 9.84. The van der Waals surface area contributed by atoms with Gasteiger partial charge in [0, 0.05) is 24.0 Å². The van der Waals surface area contributed by atoms with Gasteiger partial charge in [0.25, 0.3) is 0 Å². The molecular weight excluding hydrogens is 228 g/mol. The van der Waals surface area contributed by atoms with E-state index in [0.29, 0.717) is 22.8 Å². The SMILES string of the molecule is COc1cc(C#N)ccc1Nc1cc(N)ccn1. The van der Waals surface area contributed by atoms with Gasteiger partial charge in [-0.25, -0.2) is 4.98 Å². The summed E-state index contributed by atoms with van der Waals surface area (Å²) in [7, 11) is 1.55. The maximum Gasteiger partial charge on any atom is 0.143 e. The van der Waals surface area contributed by atoms with Crippen LogP contribution < -0.4 is 15.8 Å². The largest absolute Gasteiger partial charge is 0.495 e. The van der Waals surface area contributed by atoms with Crippen LogP contribution in [0.4, 0.5) is 17.2 Å². The fraction of sp³-hybridized carbons (Fsp3) is 0.0769. The second-order valence-electron chi connectivity index (χ2n) is 3.63. The fourth-order valence-corrected chi connectivity index (χ4v) is 1.52. The first-order valence-electron chi connectivity index (χ1n) is 5.29. The van der Waals surface area contributed by atoms with E-state index < -0.39 is 0 Å². The van der Waals surface area contributed by atoms with E-state index in [1.165, 1.54) is 0 Å². The van der Waals surface area contributed by atoms with Crippen molar-refractivity contribution in [2.45, 2.75) is 0 Å². The van der Waals surface area contributed by atoms with Crippen LogP contribution >= 0.6 is 0 Å². The number of rotatable bonds is 3. The number of nitrogen functional groups attached to an aromatic ring is 1. The number of nitrogens with zero attached hydrogens (tertiary/aromatic N) is 2. The van der Waals surface area contributed by atoms with E-state index in [4.69, 9.17) is 15.7 Å². The molecule has 0 atom stereocenters. The first-order chi connectivity index (χ1) is 8.72. The Morgan fingerprint density at radius 1 is 1.33 bits per heavy atom. The molecule has 0 aliphatic carbocycles. The maximum absolute atomic E-state index is 8.82. The van der Waals surface area contributed by atoms with Gasteiger partial charge in [-0.1, -0.05) is 0 Å². The summed E-state index contributed by atoms with van der Waals surface area (Å²) in [4.78, 5) is 4.14. The summed E-state index contributed by atoms with van der Waals surface area (Å²) in [6.45, 7) is 0. The molecule has 2 rings (SSSR count). The quantitative estimate of drug-likeness (QED) is 0.859. The summed E-state index contributed by atoms with van der Waals surface area (Å²) < 4.78 is 5.22. The van der Waals surface area contributed by atoms with Crippen LogP contribution in [0.1, 0.15) is 5.56 Å². The smallest absolute Gasteiger partial charge is 0.143 e. The molecule has 1 aromatic carbocycles. The van der Waals surface area contributed by atoms with Gasteiger partial charge < -0.3 is 15.8 Å². The predicted molar refractivity (Wildman–Crippen MR) is 69.6 cm³/mol. The highest BCUT2D eigenvalue weighted by Gasteiger charge is 2.05. The van der Waals surface area contributed by atoms with E-state index in [2.05, 4.69) is 16.4 Å². The lowest BCUT2D eigenvalue weighted by atomic mass is 10.2. The van der Waals surface area contributed by atoms with Crippen molar-refractivity contribution in [2.24, 2.45) is 0 Å². The highest BCUT2D eigenvalue weighted by atomic mass is 16.5. The third-order valence-electron chi connectivity index (χ3n) is 2.38. The summed E-state index contributed by atoms with van der Waals surface area (Å²) >= 11 is 0. The molecule has 0 aliphatic rings. The molecule has 0 radical (unpaired) electrons. The van der Waals surface area contributed by atoms with Gasteiger partial charge in [-0.3, -0.25) is 0 Å². The van der Waals surface area contributed by atoms with Gasteiger partial charge in [-0.2, -0.15) is 5.26 Å². The number of nitrogens with one attached hydrogen (secondary N) is 1. The van der Waals surface area contributed by atoms with Crippen molar-refractivity contribution >= 4 is 17.2 Å². The van der Waals surface area contributed by atoms with E-state index in [1.54, 1.807) is 43.6 Å². The monoisotopic (exact) mass is 240 g/mol. The number of hydrogen-bond acceptors (Lipinski definition) is 5. The number of pyridine rings is 1. The molecule has 0 spiro atoms. The minimum atomic E-state index is 0.540. The minimum absolute atomic E-state index is 0.540. The zero-order valence-electron chi connectivity index (χ0n) is 9.84. The second kappa shape index (κ2) is 5.06. The lowest BCUT2D eigenvalue weighted by Crippen LogP contribution is -1.98. The summed E-state index contributed by atoms with van der Waals surface area (Å²) in [5.74, 6) is 1.20. The van der Waals surface area contributed by atoms with E-state index in [0.717, 1.165) is 5.69 Å². The van der Waals surface area contributed by atoms with Crippen LogP contribution in [0, 0.1) is 11.3 Å². The first kappa shape index (κ1) is 11.7. The molecule has 5 nitrogen and oxygen atoms in total. The number of aromatic nitrogens is 1. The lowest BCUT2D eigenvalue weighted by Gasteiger charge is -2.10.